The number of ether oxygens (including phenoxy) is 1. The minimum absolute atomic E-state index is 0.154. The summed E-state index contributed by atoms with van der Waals surface area (Å²) in [6.07, 6.45) is 2.49. The monoisotopic (exact) mass is 431 g/mol. The van der Waals surface area contributed by atoms with Gasteiger partial charge in [0.1, 0.15) is 23.5 Å². The van der Waals surface area contributed by atoms with Crippen molar-refractivity contribution in [2.75, 3.05) is 5.32 Å². The maximum atomic E-state index is 6.12. The van der Waals surface area contributed by atoms with Crippen molar-refractivity contribution in [3.63, 3.8) is 0 Å². The molecule has 0 radical (unpaired) electrons. The SMILES string of the molecule is CC1(C)CC(Nc2ncnc3ccc(I)cc23)c2ccccc2O1. The third-order valence-corrected chi connectivity index (χ3v) is 4.96. The Labute approximate surface area is 154 Å². The summed E-state index contributed by atoms with van der Waals surface area (Å²) in [6.45, 7) is 4.25. The van der Waals surface area contributed by atoms with Crippen LogP contribution >= 0.6 is 22.6 Å². The number of aromatic nitrogens is 2. The number of halogens is 1. The Hall–Kier alpha value is -1.89. The first kappa shape index (κ1) is 15.6. The molecule has 0 fully saturated rings. The number of benzene rings is 2. The molecule has 0 bridgehead atoms. The van der Waals surface area contributed by atoms with Crippen LogP contribution in [0.1, 0.15) is 31.9 Å². The lowest BCUT2D eigenvalue weighted by Crippen LogP contribution is -2.37. The van der Waals surface area contributed by atoms with Crippen molar-refractivity contribution in [3.05, 3.63) is 57.9 Å². The predicted molar refractivity (Wildman–Crippen MR) is 104 cm³/mol. The van der Waals surface area contributed by atoms with Crippen LogP contribution in [0.5, 0.6) is 5.75 Å². The lowest BCUT2D eigenvalue weighted by molar-refractivity contribution is 0.0759. The normalized spacial score (nSPS) is 18.7. The van der Waals surface area contributed by atoms with E-state index >= 15 is 0 Å². The topological polar surface area (TPSA) is 47.0 Å². The maximum Gasteiger partial charge on any atom is 0.137 e. The number of anilines is 1. The molecule has 1 unspecified atom stereocenters. The molecule has 5 heteroatoms. The fraction of sp³-hybridized carbons (Fsp3) is 0.263. The highest BCUT2D eigenvalue weighted by Crippen LogP contribution is 2.41. The molecule has 2 heterocycles. The average Bonchev–Trinajstić information content (AvgIpc) is 2.54. The fourth-order valence-corrected chi connectivity index (χ4v) is 3.73. The second-order valence-electron chi connectivity index (χ2n) is 6.68. The molecular weight excluding hydrogens is 413 g/mol. The Morgan fingerprint density at radius 2 is 2.00 bits per heavy atom. The Bertz CT molecular complexity index is 910. The molecule has 1 aromatic heterocycles. The summed E-state index contributed by atoms with van der Waals surface area (Å²) < 4.78 is 7.29. The van der Waals surface area contributed by atoms with Gasteiger partial charge in [-0.3, -0.25) is 0 Å². The summed E-state index contributed by atoms with van der Waals surface area (Å²) in [5.41, 5.74) is 1.91. The number of rotatable bonds is 2. The second kappa shape index (κ2) is 5.88. The van der Waals surface area contributed by atoms with E-state index in [9.17, 15) is 0 Å². The first-order chi connectivity index (χ1) is 11.5. The Kier molecular flexibility index (Phi) is 3.83. The molecule has 0 aliphatic carbocycles. The Balaban J connectivity index is 1.77. The third-order valence-electron chi connectivity index (χ3n) is 4.28. The zero-order valence-electron chi connectivity index (χ0n) is 13.6. The molecule has 3 aromatic rings. The second-order valence-corrected chi connectivity index (χ2v) is 7.93. The van der Waals surface area contributed by atoms with E-state index in [0.717, 1.165) is 28.9 Å². The molecule has 4 rings (SSSR count). The smallest absolute Gasteiger partial charge is 0.137 e. The van der Waals surface area contributed by atoms with E-state index in [1.165, 1.54) is 9.13 Å². The standard InChI is InChI=1S/C19H18IN3O/c1-19(2)10-16(13-5-3-4-6-17(13)24-19)23-18-14-9-12(20)7-8-15(14)21-11-22-18/h3-9,11,16H,10H2,1-2H3,(H,21,22,23). The van der Waals surface area contributed by atoms with Crippen LogP contribution in [0, 0.1) is 3.57 Å². The molecule has 0 saturated carbocycles. The van der Waals surface area contributed by atoms with Crippen molar-refractivity contribution in [2.45, 2.75) is 31.9 Å². The van der Waals surface area contributed by atoms with Gasteiger partial charge in [0.25, 0.3) is 0 Å². The molecule has 1 aliphatic heterocycles. The summed E-state index contributed by atoms with van der Waals surface area (Å²) in [6, 6.07) is 14.6. The summed E-state index contributed by atoms with van der Waals surface area (Å²) >= 11 is 2.32. The number of hydrogen-bond donors (Lipinski definition) is 1. The van der Waals surface area contributed by atoms with E-state index < -0.39 is 0 Å². The van der Waals surface area contributed by atoms with Gasteiger partial charge in [0, 0.05) is 20.9 Å². The van der Waals surface area contributed by atoms with Crippen LogP contribution < -0.4 is 10.1 Å². The molecule has 2 aromatic carbocycles. The largest absolute Gasteiger partial charge is 0.487 e. The van der Waals surface area contributed by atoms with Gasteiger partial charge in [0.05, 0.1) is 11.6 Å². The summed E-state index contributed by atoms with van der Waals surface area (Å²) in [7, 11) is 0. The summed E-state index contributed by atoms with van der Waals surface area (Å²) in [5, 5.41) is 4.68. The van der Waals surface area contributed by atoms with Crippen molar-refractivity contribution in [2.24, 2.45) is 0 Å². The van der Waals surface area contributed by atoms with E-state index in [0.29, 0.717) is 0 Å². The number of hydrogen-bond acceptors (Lipinski definition) is 4. The minimum Gasteiger partial charge on any atom is -0.487 e. The molecule has 0 amide bonds. The molecule has 1 N–H and O–H groups in total. The molecule has 1 aliphatic rings. The molecule has 0 saturated heterocycles. The summed E-state index contributed by atoms with van der Waals surface area (Å²) in [5.74, 6) is 1.82. The Morgan fingerprint density at radius 3 is 2.88 bits per heavy atom. The summed E-state index contributed by atoms with van der Waals surface area (Å²) in [4.78, 5) is 8.87. The third kappa shape index (κ3) is 2.92. The molecule has 24 heavy (non-hydrogen) atoms. The lowest BCUT2D eigenvalue weighted by atomic mass is 9.89. The van der Waals surface area contributed by atoms with E-state index in [1.807, 2.05) is 18.2 Å². The zero-order chi connectivity index (χ0) is 16.7. The van der Waals surface area contributed by atoms with E-state index in [2.05, 4.69) is 76.0 Å². The average molecular weight is 431 g/mol. The van der Waals surface area contributed by atoms with Crippen molar-refractivity contribution in [1.29, 1.82) is 0 Å². The van der Waals surface area contributed by atoms with Crippen molar-refractivity contribution < 1.29 is 4.74 Å². The lowest BCUT2D eigenvalue weighted by Gasteiger charge is -2.38. The quantitative estimate of drug-likeness (QED) is 0.584. The zero-order valence-corrected chi connectivity index (χ0v) is 15.7. The number of nitrogens with zero attached hydrogens (tertiary/aromatic N) is 2. The van der Waals surface area contributed by atoms with Gasteiger partial charge in [-0.2, -0.15) is 0 Å². The number of fused-ring (bicyclic) bond motifs is 2. The van der Waals surface area contributed by atoms with E-state index in [1.54, 1.807) is 6.33 Å². The van der Waals surface area contributed by atoms with Crippen LogP contribution in [0.15, 0.2) is 48.8 Å². The highest BCUT2D eigenvalue weighted by atomic mass is 127. The van der Waals surface area contributed by atoms with Gasteiger partial charge in [-0.15, -0.1) is 0 Å². The molecular formula is C19H18IN3O. The van der Waals surface area contributed by atoms with Gasteiger partial charge in [-0.05, 0) is 60.7 Å². The van der Waals surface area contributed by atoms with Crippen molar-refractivity contribution in [1.82, 2.24) is 9.97 Å². The van der Waals surface area contributed by atoms with Gasteiger partial charge < -0.3 is 10.1 Å². The van der Waals surface area contributed by atoms with Gasteiger partial charge in [-0.25, -0.2) is 9.97 Å². The minimum atomic E-state index is -0.219. The molecule has 4 nitrogen and oxygen atoms in total. The van der Waals surface area contributed by atoms with E-state index in [-0.39, 0.29) is 11.6 Å². The first-order valence-electron chi connectivity index (χ1n) is 7.97. The molecule has 1 atom stereocenters. The van der Waals surface area contributed by atoms with Crippen LogP contribution in [-0.2, 0) is 0 Å². The van der Waals surface area contributed by atoms with Crippen LogP contribution in [0.25, 0.3) is 10.9 Å². The van der Waals surface area contributed by atoms with Crippen molar-refractivity contribution in [3.8, 4) is 5.75 Å². The number of nitrogens with one attached hydrogen (secondary N) is 1. The first-order valence-corrected chi connectivity index (χ1v) is 9.04. The van der Waals surface area contributed by atoms with E-state index in [4.69, 9.17) is 4.74 Å². The molecule has 122 valence electrons. The highest BCUT2D eigenvalue weighted by Gasteiger charge is 2.33. The number of para-hydroxylation sites is 1. The predicted octanol–water partition coefficient (Wildman–Crippen LogP) is 4.95. The molecule has 0 spiro atoms. The maximum absolute atomic E-state index is 6.12. The van der Waals surface area contributed by atoms with Gasteiger partial charge in [0.15, 0.2) is 0 Å². The fourth-order valence-electron chi connectivity index (χ4n) is 3.24. The Morgan fingerprint density at radius 1 is 1.17 bits per heavy atom. The van der Waals surface area contributed by atoms with Crippen LogP contribution in [0.2, 0.25) is 0 Å². The van der Waals surface area contributed by atoms with Gasteiger partial charge >= 0.3 is 0 Å². The van der Waals surface area contributed by atoms with Crippen LogP contribution in [0.3, 0.4) is 0 Å². The van der Waals surface area contributed by atoms with Crippen molar-refractivity contribution >= 4 is 39.3 Å². The van der Waals surface area contributed by atoms with Crippen LogP contribution in [-0.4, -0.2) is 15.6 Å². The highest BCUT2D eigenvalue weighted by molar-refractivity contribution is 14.1. The van der Waals surface area contributed by atoms with Gasteiger partial charge in [-0.1, -0.05) is 18.2 Å². The van der Waals surface area contributed by atoms with Crippen LogP contribution in [0.4, 0.5) is 5.82 Å². The van der Waals surface area contributed by atoms with Gasteiger partial charge in [0.2, 0.25) is 0 Å².